The normalized spacial score (nSPS) is 21.6. The summed E-state index contributed by atoms with van der Waals surface area (Å²) in [7, 11) is 2.48. The van der Waals surface area contributed by atoms with Crippen LogP contribution in [0, 0.1) is 0 Å². The molecule has 21 heavy (non-hydrogen) atoms. The van der Waals surface area contributed by atoms with Crippen molar-refractivity contribution in [3.05, 3.63) is 0 Å². The Kier molecular flexibility index (Phi) is 10.4. The molecule has 0 aliphatic carbocycles. The lowest BCUT2D eigenvalue weighted by atomic mass is 10.5. The highest BCUT2D eigenvalue weighted by Gasteiger charge is 2.36. The Morgan fingerprint density at radius 2 is 1.71 bits per heavy atom. The van der Waals surface area contributed by atoms with Crippen molar-refractivity contribution >= 4 is 8.80 Å². The lowest BCUT2D eigenvalue weighted by Gasteiger charge is -2.24. The van der Waals surface area contributed by atoms with Crippen LogP contribution in [0.3, 0.4) is 0 Å². The molecule has 2 heterocycles. The van der Waals surface area contributed by atoms with Gasteiger partial charge in [-0.3, -0.25) is 0 Å². The molecule has 1 unspecified atom stereocenters. The zero-order valence-corrected chi connectivity index (χ0v) is 14.4. The van der Waals surface area contributed by atoms with E-state index in [1.54, 1.807) is 21.3 Å². The van der Waals surface area contributed by atoms with Crippen molar-refractivity contribution < 1.29 is 27.5 Å². The lowest BCUT2D eigenvalue weighted by Crippen LogP contribution is -2.42. The Hall–Kier alpha value is -0.0631. The van der Waals surface area contributed by atoms with Crippen LogP contribution >= 0.6 is 0 Å². The second-order valence-corrected chi connectivity index (χ2v) is 7.88. The van der Waals surface area contributed by atoms with E-state index in [1.807, 2.05) is 0 Å². The first-order valence-corrected chi connectivity index (χ1v) is 9.33. The second-order valence-electron chi connectivity index (χ2n) is 4.79. The Bertz CT molecular complexity index is 227. The van der Waals surface area contributed by atoms with Gasteiger partial charge in [0.2, 0.25) is 0 Å². The highest BCUT2D eigenvalue weighted by molar-refractivity contribution is 6.60. The van der Waals surface area contributed by atoms with Crippen LogP contribution in [-0.4, -0.2) is 82.4 Å². The van der Waals surface area contributed by atoms with Crippen molar-refractivity contribution in [2.45, 2.75) is 18.6 Å². The van der Waals surface area contributed by atoms with Gasteiger partial charge >= 0.3 is 8.80 Å². The van der Waals surface area contributed by atoms with Gasteiger partial charge in [0, 0.05) is 47.1 Å². The molecule has 2 fully saturated rings. The van der Waals surface area contributed by atoms with Crippen LogP contribution in [-0.2, 0) is 27.5 Å². The third kappa shape index (κ3) is 8.84. The molecular weight excluding hydrogens is 294 g/mol. The van der Waals surface area contributed by atoms with Crippen molar-refractivity contribution in [1.82, 2.24) is 5.32 Å². The Morgan fingerprint density at radius 1 is 1.10 bits per heavy atom. The van der Waals surface area contributed by atoms with Gasteiger partial charge < -0.3 is 32.8 Å². The molecule has 1 atom stereocenters. The van der Waals surface area contributed by atoms with Crippen LogP contribution in [0.2, 0.25) is 6.04 Å². The molecule has 2 rings (SSSR count). The van der Waals surface area contributed by atoms with Gasteiger partial charge in [-0.1, -0.05) is 0 Å². The van der Waals surface area contributed by atoms with E-state index in [2.05, 4.69) is 5.32 Å². The molecule has 0 amide bonds. The molecule has 0 spiro atoms. The number of epoxide rings is 1. The van der Waals surface area contributed by atoms with Crippen molar-refractivity contribution in [2.24, 2.45) is 0 Å². The minimum Gasteiger partial charge on any atom is -0.379 e. The second kappa shape index (κ2) is 11.5. The molecule has 1 N–H and O–H groups in total. The van der Waals surface area contributed by atoms with Crippen LogP contribution in [0.25, 0.3) is 0 Å². The molecule has 126 valence electrons. The fourth-order valence-electron chi connectivity index (χ4n) is 1.84. The van der Waals surface area contributed by atoms with Crippen LogP contribution in [0.4, 0.5) is 0 Å². The van der Waals surface area contributed by atoms with Gasteiger partial charge in [0.05, 0.1) is 26.4 Å². The van der Waals surface area contributed by atoms with E-state index in [0.29, 0.717) is 19.3 Å². The predicted molar refractivity (Wildman–Crippen MR) is 80.5 cm³/mol. The molecule has 0 saturated carbocycles. The van der Waals surface area contributed by atoms with Gasteiger partial charge in [-0.2, -0.15) is 0 Å². The van der Waals surface area contributed by atoms with Crippen molar-refractivity contribution in [3.63, 3.8) is 0 Å². The summed E-state index contributed by atoms with van der Waals surface area (Å²) in [5.74, 6) is 0. The van der Waals surface area contributed by atoms with Gasteiger partial charge in [0.25, 0.3) is 0 Å². The molecule has 2 saturated heterocycles. The fourth-order valence-corrected chi connectivity index (χ4v) is 3.53. The largest absolute Gasteiger partial charge is 0.500 e. The summed E-state index contributed by atoms with van der Waals surface area (Å²) in [6.07, 6.45) is 1.22. The van der Waals surface area contributed by atoms with E-state index in [9.17, 15) is 0 Å². The van der Waals surface area contributed by atoms with Crippen LogP contribution in [0.1, 0.15) is 6.42 Å². The first-order valence-electron chi connectivity index (χ1n) is 7.39. The first-order chi connectivity index (χ1) is 10.3. The van der Waals surface area contributed by atoms with Gasteiger partial charge in [-0.25, -0.2) is 0 Å². The molecule has 2 aliphatic rings. The fraction of sp³-hybridized carbons (Fsp3) is 1.00. The van der Waals surface area contributed by atoms with E-state index >= 15 is 0 Å². The van der Waals surface area contributed by atoms with Crippen LogP contribution < -0.4 is 5.32 Å². The van der Waals surface area contributed by atoms with Gasteiger partial charge in [-0.15, -0.1) is 0 Å². The van der Waals surface area contributed by atoms with E-state index in [4.69, 9.17) is 27.5 Å². The van der Waals surface area contributed by atoms with Gasteiger partial charge in [0.1, 0.15) is 6.10 Å². The number of nitrogens with one attached hydrogen (secondary N) is 1. The molecule has 0 aromatic carbocycles. The standard InChI is InChI=1S/C9H20O5Si.C4H9NO/c1-10-15(11-2,12-3)6-4-5-13-7-9-8-14-9;1-3-6-4-2-5-1/h9H,4-8H2,1-3H3;5H,1-4H2. The van der Waals surface area contributed by atoms with Crippen LogP contribution in [0.15, 0.2) is 0 Å². The number of hydrogen-bond acceptors (Lipinski definition) is 7. The summed E-state index contributed by atoms with van der Waals surface area (Å²) >= 11 is 0. The van der Waals surface area contributed by atoms with E-state index in [0.717, 1.165) is 45.4 Å². The van der Waals surface area contributed by atoms with Gasteiger partial charge in [0.15, 0.2) is 0 Å². The Balaban J connectivity index is 0.000000304. The zero-order valence-electron chi connectivity index (χ0n) is 13.4. The summed E-state index contributed by atoms with van der Waals surface area (Å²) in [4.78, 5) is 0. The first kappa shape index (κ1) is 19.0. The minimum absolute atomic E-state index is 0.333. The molecule has 0 bridgehead atoms. The monoisotopic (exact) mass is 323 g/mol. The highest BCUT2D eigenvalue weighted by Crippen LogP contribution is 2.15. The van der Waals surface area contributed by atoms with Crippen molar-refractivity contribution in [3.8, 4) is 0 Å². The topological polar surface area (TPSA) is 70.7 Å². The van der Waals surface area contributed by atoms with Crippen LogP contribution in [0.5, 0.6) is 0 Å². The maximum Gasteiger partial charge on any atom is 0.500 e. The Morgan fingerprint density at radius 3 is 2.10 bits per heavy atom. The number of hydrogen-bond donors (Lipinski definition) is 1. The maximum absolute atomic E-state index is 5.42. The smallest absolute Gasteiger partial charge is 0.379 e. The number of morpholine rings is 1. The molecule has 0 aromatic rings. The molecule has 0 radical (unpaired) electrons. The number of ether oxygens (including phenoxy) is 3. The Labute approximate surface area is 128 Å². The summed E-state index contributed by atoms with van der Waals surface area (Å²) in [5.41, 5.74) is 0. The van der Waals surface area contributed by atoms with E-state index in [-0.39, 0.29) is 0 Å². The minimum atomic E-state index is -2.39. The summed E-state index contributed by atoms with van der Waals surface area (Å²) < 4.78 is 31.3. The molecule has 0 aromatic heterocycles. The summed E-state index contributed by atoms with van der Waals surface area (Å²) in [5, 5.41) is 3.16. The number of rotatable bonds is 9. The third-order valence-electron chi connectivity index (χ3n) is 3.26. The highest BCUT2D eigenvalue weighted by atomic mass is 28.4. The lowest BCUT2D eigenvalue weighted by molar-refractivity contribution is 0.100. The van der Waals surface area contributed by atoms with E-state index < -0.39 is 8.80 Å². The third-order valence-corrected chi connectivity index (χ3v) is 6.09. The van der Waals surface area contributed by atoms with Crippen molar-refractivity contribution in [2.75, 3.05) is 67.5 Å². The average molecular weight is 323 g/mol. The maximum atomic E-state index is 5.42. The zero-order chi connectivity index (χ0) is 15.4. The average Bonchev–Trinajstić information content (AvgIpc) is 3.38. The predicted octanol–water partition coefficient (Wildman–Crippen LogP) is 0.276. The molecule has 8 heteroatoms. The SMILES string of the molecule is C1COCCN1.CO[Si](CCCOCC1CO1)(OC)OC. The van der Waals surface area contributed by atoms with Crippen molar-refractivity contribution in [1.29, 1.82) is 0 Å². The summed E-state index contributed by atoms with van der Waals surface area (Å²) in [6.45, 7) is 6.07. The quantitative estimate of drug-likeness (QED) is 0.371. The molecular formula is C13H29NO6Si. The molecule has 2 aliphatic heterocycles. The molecule has 7 nitrogen and oxygen atoms in total. The van der Waals surface area contributed by atoms with E-state index in [1.165, 1.54) is 0 Å². The summed E-state index contributed by atoms with van der Waals surface area (Å²) in [6, 6.07) is 0.780. The van der Waals surface area contributed by atoms with Gasteiger partial charge in [-0.05, 0) is 6.42 Å².